The van der Waals surface area contributed by atoms with Crippen LogP contribution in [0.5, 0.6) is 0 Å². The van der Waals surface area contributed by atoms with Gasteiger partial charge in [0.15, 0.2) is 11.6 Å². The second-order valence-electron chi connectivity index (χ2n) is 4.88. The number of rotatable bonds is 5. The molecule has 0 bridgehead atoms. The van der Waals surface area contributed by atoms with Crippen molar-refractivity contribution in [1.29, 1.82) is 0 Å². The van der Waals surface area contributed by atoms with E-state index in [1.807, 2.05) is 24.3 Å². The summed E-state index contributed by atoms with van der Waals surface area (Å²) in [5, 5.41) is 0. The fourth-order valence-corrected chi connectivity index (χ4v) is 2.60. The van der Waals surface area contributed by atoms with E-state index in [-0.39, 0.29) is 0 Å². The summed E-state index contributed by atoms with van der Waals surface area (Å²) in [7, 11) is 0. The maximum Gasteiger partial charge on any atom is 0.172 e. The summed E-state index contributed by atoms with van der Waals surface area (Å²) in [6, 6.07) is 11.0. The van der Waals surface area contributed by atoms with Gasteiger partial charge >= 0.3 is 0 Å². The molecule has 0 heterocycles. The van der Waals surface area contributed by atoms with Crippen LogP contribution >= 0.6 is 22.6 Å². The van der Waals surface area contributed by atoms with E-state index < -0.39 is 11.6 Å². The number of hydrogen-bond donors (Lipinski definition) is 0. The SMILES string of the molecule is CCCCCc1ccc(-c2ccc(I)c(F)c2F)cc1. The molecule has 0 amide bonds. The molecule has 0 nitrogen and oxygen atoms in total. The Balaban J connectivity index is 2.20. The molecule has 0 aliphatic rings. The van der Waals surface area contributed by atoms with E-state index in [9.17, 15) is 8.78 Å². The molecule has 0 aliphatic carbocycles. The molecule has 0 aromatic heterocycles. The average Bonchev–Trinajstić information content (AvgIpc) is 2.46. The van der Waals surface area contributed by atoms with Crippen LogP contribution in [0.2, 0.25) is 0 Å². The Labute approximate surface area is 132 Å². The molecule has 0 spiro atoms. The quantitative estimate of drug-likeness (QED) is 0.338. The van der Waals surface area contributed by atoms with Gasteiger partial charge in [-0.15, -0.1) is 0 Å². The van der Waals surface area contributed by atoms with Gasteiger partial charge in [0.25, 0.3) is 0 Å². The Bertz CT molecular complexity index is 576. The monoisotopic (exact) mass is 386 g/mol. The molecule has 0 aliphatic heterocycles. The van der Waals surface area contributed by atoms with Gasteiger partial charge in [-0.25, -0.2) is 8.78 Å². The highest BCUT2D eigenvalue weighted by Crippen LogP contribution is 2.27. The lowest BCUT2D eigenvalue weighted by molar-refractivity contribution is 0.506. The highest BCUT2D eigenvalue weighted by atomic mass is 127. The summed E-state index contributed by atoms with van der Waals surface area (Å²) >= 11 is 1.80. The Morgan fingerprint density at radius 3 is 2.25 bits per heavy atom. The zero-order chi connectivity index (χ0) is 14.5. The number of aryl methyl sites for hydroxylation is 1. The van der Waals surface area contributed by atoms with E-state index in [0.717, 1.165) is 12.0 Å². The van der Waals surface area contributed by atoms with Crippen LogP contribution < -0.4 is 0 Å². The minimum absolute atomic E-state index is 0.306. The first-order chi connectivity index (χ1) is 9.63. The van der Waals surface area contributed by atoms with Crippen molar-refractivity contribution in [2.24, 2.45) is 0 Å². The smallest absolute Gasteiger partial charge is 0.172 e. The predicted molar refractivity (Wildman–Crippen MR) is 87.7 cm³/mol. The number of halogens is 3. The summed E-state index contributed by atoms with van der Waals surface area (Å²) in [6.45, 7) is 2.18. The first kappa shape index (κ1) is 15.4. The zero-order valence-electron chi connectivity index (χ0n) is 11.4. The largest absolute Gasteiger partial charge is 0.203 e. The fraction of sp³-hybridized carbons (Fsp3) is 0.294. The van der Waals surface area contributed by atoms with E-state index in [1.54, 1.807) is 34.7 Å². The maximum absolute atomic E-state index is 13.9. The van der Waals surface area contributed by atoms with Crippen LogP contribution in [0, 0.1) is 15.2 Å². The van der Waals surface area contributed by atoms with Gasteiger partial charge in [-0.3, -0.25) is 0 Å². The van der Waals surface area contributed by atoms with E-state index in [0.29, 0.717) is 9.13 Å². The van der Waals surface area contributed by atoms with Crippen molar-refractivity contribution >= 4 is 22.6 Å². The summed E-state index contributed by atoms with van der Waals surface area (Å²) < 4.78 is 27.8. The van der Waals surface area contributed by atoms with Crippen molar-refractivity contribution in [2.75, 3.05) is 0 Å². The van der Waals surface area contributed by atoms with Crippen LogP contribution in [0.25, 0.3) is 11.1 Å². The molecule has 2 rings (SSSR count). The average molecular weight is 386 g/mol. The van der Waals surface area contributed by atoms with Gasteiger partial charge in [0.1, 0.15) is 0 Å². The third kappa shape index (κ3) is 3.57. The molecule has 0 fully saturated rings. The first-order valence-corrected chi connectivity index (χ1v) is 7.94. The predicted octanol–water partition coefficient (Wildman–Crippen LogP) is 5.97. The molecule has 3 heteroatoms. The van der Waals surface area contributed by atoms with E-state index in [2.05, 4.69) is 6.92 Å². The van der Waals surface area contributed by atoms with Crippen LogP contribution in [0.1, 0.15) is 31.7 Å². The van der Waals surface area contributed by atoms with Crippen LogP contribution in [0.3, 0.4) is 0 Å². The van der Waals surface area contributed by atoms with Gasteiger partial charge in [0, 0.05) is 5.56 Å². The molecular weight excluding hydrogens is 369 g/mol. The Hall–Kier alpha value is -0.970. The summed E-state index contributed by atoms with van der Waals surface area (Å²) in [4.78, 5) is 0. The van der Waals surface area contributed by atoms with Gasteiger partial charge in [-0.1, -0.05) is 50.1 Å². The molecular formula is C17H17F2I. The highest BCUT2D eigenvalue weighted by Gasteiger charge is 2.13. The Morgan fingerprint density at radius 2 is 1.60 bits per heavy atom. The summed E-state index contributed by atoms with van der Waals surface area (Å²) in [5.74, 6) is -1.54. The van der Waals surface area contributed by atoms with E-state index in [4.69, 9.17) is 0 Å². The number of unbranched alkanes of at least 4 members (excludes halogenated alkanes) is 2. The molecule has 0 N–H and O–H groups in total. The lowest BCUT2D eigenvalue weighted by atomic mass is 10.0. The lowest BCUT2D eigenvalue weighted by Crippen LogP contribution is -1.93. The number of hydrogen-bond acceptors (Lipinski definition) is 0. The molecule has 106 valence electrons. The molecule has 2 aromatic carbocycles. The summed E-state index contributed by atoms with van der Waals surface area (Å²) in [6.07, 6.45) is 4.63. The molecule has 0 radical (unpaired) electrons. The topological polar surface area (TPSA) is 0 Å². The van der Waals surface area contributed by atoms with Gasteiger partial charge in [0.2, 0.25) is 0 Å². The minimum Gasteiger partial charge on any atom is -0.203 e. The van der Waals surface area contributed by atoms with Gasteiger partial charge < -0.3 is 0 Å². The summed E-state index contributed by atoms with van der Waals surface area (Å²) in [5.41, 5.74) is 2.29. The van der Waals surface area contributed by atoms with Crippen molar-refractivity contribution in [1.82, 2.24) is 0 Å². The third-order valence-corrected chi connectivity index (χ3v) is 4.20. The van der Waals surface area contributed by atoms with Crippen molar-refractivity contribution in [2.45, 2.75) is 32.6 Å². The number of benzene rings is 2. The molecule has 0 saturated heterocycles. The van der Waals surface area contributed by atoms with Crippen LogP contribution in [-0.2, 0) is 6.42 Å². The Kier molecular flexibility index (Phi) is 5.52. The van der Waals surface area contributed by atoms with E-state index >= 15 is 0 Å². The molecule has 20 heavy (non-hydrogen) atoms. The van der Waals surface area contributed by atoms with Crippen LogP contribution in [-0.4, -0.2) is 0 Å². The van der Waals surface area contributed by atoms with Gasteiger partial charge in [-0.2, -0.15) is 0 Å². The molecule has 0 atom stereocenters. The molecule has 0 unspecified atom stereocenters. The first-order valence-electron chi connectivity index (χ1n) is 6.86. The zero-order valence-corrected chi connectivity index (χ0v) is 13.6. The second kappa shape index (κ2) is 7.16. The normalized spacial score (nSPS) is 10.8. The second-order valence-corrected chi connectivity index (χ2v) is 6.04. The standard InChI is InChI=1S/C17H17F2I/c1-2-3-4-5-12-6-8-13(9-7-12)14-10-11-15(20)17(19)16(14)18/h6-11H,2-5H2,1H3. The van der Waals surface area contributed by atoms with E-state index in [1.165, 1.54) is 24.8 Å². The molecule has 2 aromatic rings. The van der Waals surface area contributed by atoms with Crippen molar-refractivity contribution in [3.05, 3.63) is 57.2 Å². The van der Waals surface area contributed by atoms with Gasteiger partial charge in [0.05, 0.1) is 3.57 Å². The Morgan fingerprint density at radius 1 is 0.900 bits per heavy atom. The van der Waals surface area contributed by atoms with Gasteiger partial charge in [-0.05, 0) is 52.6 Å². The van der Waals surface area contributed by atoms with Crippen molar-refractivity contribution < 1.29 is 8.78 Å². The highest BCUT2D eigenvalue weighted by molar-refractivity contribution is 14.1. The maximum atomic E-state index is 13.9. The van der Waals surface area contributed by atoms with Crippen molar-refractivity contribution in [3.63, 3.8) is 0 Å². The minimum atomic E-state index is -0.768. The van der Waals surface area contributed by atoms with Crippen LogP contribution in [0.15, 0.2) is 36.4 Å². The third-order valence-electron chi connectivity index (χ3n) is 3.37. The molecule has 0 saturated carbocycles. The van der Waals surface area contributed by atoms with Crippen LogP contribution in [0.4, 0.5) is 8.78 Å². The fourth-order valence-electron chi connectivity index (χ4n) is 2.18. The van der Waals surface area contributed by atoms with Crippen molar-refractivity contribution in [3.8, 4) is 11.1 Å². The lowest BCUT2D eigenvalue weighted by Gasteiger charge is -2.07.